The summed E-state index contributed by atoms with van der Waals surface area (Å²) in [6.45, 7) is 9.67. The van der Waals surface area contributed by atoms with E-state index >= 15 is 0 Å². The Morgan fingerprint density at radius 1 is 1.34 bits per heavy atom. The Balaban J connectivity index is 3.55. The molecule has 0 bridgehead atoms. The molecular weight excluding hydrogens is 399 g/mol. The summed E-state index contributed by atoms with van der Waals surface area (Å²) in [5, 5.41) is 12.3. The van der Waals surface area contributed by atoms with Crippen molar-refractivity contribution in [2.45, 2.75) is 26.9 Å². The van der Waals surface area contributed by atoms with Crippen LogP contribution in [0.4, 0.5) is 10.3 Å². The van der Waals surface area contributed by atoms with Crippen molar-refractivity contribution >= 4 is 17.5 Å². The Labute approximate surface area is 173 Å². The van der Waals surface area contributed by atoms with Crippen LogP contribution in [0.15, 0.2) is 81.3 Å². The SMILES string of the molecule is C=C/C(Cl)=C\C=C(/C)Cn1c(N/C(C=CC)=C/C(=C)F)nc(=O)n(CCO)c1=O. The number of allylic oxidation sites excluding steroid dienone is 9. The molecule has 0 aliphatic carbocycles. The van der Waals surface area contributed by atoms with Crippen molar-refractivity contribution in [3.63, 3.8) is 0 Å². The van der Waals surface area contributed by atoms with Crippen molar-refractivity contribution in [1.29, 1.82) is 0 Å². The van der Waals surface area contributed by atoms with E-state index in [2.05, 4.69) is 23.5 Å². The molecule has 0 unspecified atom stereocenters. The molecule has 0 saturated carbocycles. The quantitative estimate of drug-likeness (QED) is 0.566. The van der Waals surface area contributed by atoms with Gasteiger partial charge in [-0.05, 0) is 32.1 Å². The van der Waals surface area contributed by atoms with Gasteiger partial charge in [-0.2, -0.15) is 4.98 Å². The lowest BCUT2D eigenvalue weighted by molar-refractivity contribution is 0.268. The highest BCUT2D eigenvalue weighted by Crippen LogP contribution is 2.11. The summed E-state index contributed by atoms with van der Waals surface area (Å²) in [4.78, 5) is 28.9. The van der Waals surface area contributed by atoms with Crippen LogP contribution in [-0.4, -0.2) is 25.8 Å². The molecule has 9 heteroatoms. The Kier molecular flexibility index (Phi) is 9.78. The minimum Gasteiger partial charge on any atom is -0.395 e. The zero-order chi connectivity index (χ0) is 22.0. The van der Waals surface area contributed by atoms with Crippen LogP contribution in [0, 0.1) is 0 Å². The van der Waals surface area contributed by atoms with Crippen LogP contribution in [0.2, 0.25) is 0 Å². The van der Waals surface area contributed by atoms with Crippen LogP contribution in [0.25, 0.3) is 0 Å². The fourth-order valence-corrected chi connectivity index (χ4v) is 2.32. The lowest BCUT2D eigenvalue weighted by Crippen LogP contribution is -2.43. The van der Waals surface area contributed by atoms with Gasteiger partial charge in [-0.1, -0.05) is 48.6 Å². The van der Waals surface area contributed by atoms with Crippen LogP contribution >= 0.6 is 11.6 Å². The standard InChI is InChI=1S/C20H24ClFN4O3/c1-5-7-17(12-15(4)22)23-18-24-19(28)25(10-11-27)20(29)26(18)13-14(3)8-9-16(21)6-2/h5-9,12,27H,2,4,10-11,13H2,1,3H3,(H,23,24,28)/b7-5?,14-8+,16-9+,17-12+. The van der Waals surface area contributed by atoms with Gasteiger partial charge >= 0.3 is 11.4 Å². The van der Waals surface area contributed by atoms with Crippen molar-refractivity contribution in [2.24, 2.45) is 0 Å². The molecule has 0 amide bonds. The summed E-state index contributed by atoms with van der Waals surface area (Å²) in [6, 6.07) is 0. The van der Waals surface area contributed by atoms with Crippen LogP contribution in [0.5, 0.6) is 0 Å². The zero-order valence-corrected chi connectivity index (χ0v) is 17.1. The topological polar surface area (TPSA) is 89.2 Å². The number of anilines is 1. The van der Waals surface area contributed by atoms with E-state index in [4.69, 9.17) is 16.7 Å². The van der Waals surface area contributed by atoms with E-state index in [1.807, 2.05) is 0 Å². The molecule has 1 rings (SSSR count). The van der Waals surface area contributed by atoms with Crippen molar-refractivity contribution in [1.82, 2.24) is 14.1 Å². The second kappa shape index (κ2) is 11.8. The fourth-order valence-electron chi connectivity index (χ4n) is 2.25. The van der Waals surface area contributed by atoms with E-state index in [1.165, 1.54) is 16.7 Å². The molecule has 29 heavy (non-hydrogen) atoms. The van der Waals surface area contributed by atoms with E-state index in [0.717, 1.165) is 16.2 Å². The fraction of sp³-hybridized carbons (Fsp3) is 0.250. The van der Waals surface area contributed by atoms with Gasteiger partial charge in [0, 0.05) is 10.7 Å². The number of hydrogen-bond acceptors (Lipinski definition) is 5. The summed E-state index contributed by atoms with van der Waals surface area (Å²) in [5.74, 6) is -0.792. The minimum absolute atomic E-state index is 0.0668. The van der Waals surface area contributed by atoms with Gasteiger partial charge in [0.25, 0.3) is 0 Å². The first-order valence-corrected chi connectivity index (χ1v) is 9.05. The van der Waals surface area contributed by atoms with Crippen molar-refractivity contribution in [3.05, 3.63) is 92.7 Å². The first-order chi connectivity index (χ1) is 13.7. The molecule has 0 aliphatic rings. The maximum absolute atomic E-state index is 13.3. The van der Waals surface area contributed by atoms with E-state index in [-0.39, 0.29) is 24.7 Å². The number of aliphatic hydroxyl groups is 1. The second-order valence-electron chi connectivity index (χ2n) is 5.90. The van der Waals surface area contributed by atoms with Crippen molar-refractivity contribution in [3.8, 4) is 0 Å². The number of aliphatic hydroxyl groups excluding tert-OH is 1. The molecule has 0 aliphatic heterocycles. The monoisotopic (exact) mass is 422 g/mol. The normalized spacial score (nSPS) is 13.1. The summed E-state index contributed by atoms with van der Waals surface area (Å²) >= 11 is 5.89. The van der Waals surface area contributed by atoms with Gasteiger partial charge in [-0.15, -0.1) is 0 Å². The number of nitrogens with zero attached hydrogens (tertiary/aromatic N) is 3. The Morgan fingerprint density at radius 2 is 2.03 bits per heavy atom. The maximum Gasteiger partial charge on any atom is 0.355 e. The lowest BCUT2D eigenvalue weighted by atomic mass is 10.2. The Hall–Kier alpha value is -2.97. The average molecular weight is 423 g/mol. The molecule has 0 spiro atoms. The highest BCUT2D eigenvalue weighted by Gasteiger charge is 2.14. The largest absolute Gasteiger partial charge is 0.395 e. The molecular formula is C20H24ClFN4O3. The van der Waals surface area contributed by atoms with Crippen LogP contribution in [-0.2, 0) is 13.1 Å². The molecule has 0 radical (unpaired) electrons. The molecule has 1 aromatic rings. The number of hydrogen-bond donors (Lipinski definition) is 2. The minimum atomic E-state index is -0.835. The predicted molar refractivity (Wildman–Crippen MR) is 115 cm³/mol. The molecule has 0 saturated heterocycles. The van der Waals surface area contributed by atoms with Gasteiger partial charge in [0.2, 0.25) is 5.95 Å². The number of nitrogens with one attached hydrogen (secondary N) is 1. The summed E-state index contributed by atoms with van der Waals surface area (Å²) in [5.41, 5.74) is -0.543. The lowest BCUT2D eigenvalue weighted by Gasteiger charge is -2.16. The van der Waals surface area contributed by atoms with Gasteiger partial charge in [0.05, 0.1) is 19.7 Å². The Bertz CT molecular complexity index is 1000. The maximum atomic E-state index is 13.3. The third kappa shape index (κ3) is 7.52. The summed E-state index contributed by atoms with van der Waals surface area (Å²) in [7, 11) is 0. The highest BCUT2D eigenvalue weighted by molar-refractivity contribution is 6.31. The molecule has 1 aromatic heterocycles. The first kappa shape index (κ1) is 24.1. The summed E-state index contributed by atoms with van der Waals surface area (Å²) < 4.78 is 15.3. The molecule has 156 valence electrons. The highest BCUT2D eigenvalue weighted by atomic mass is 35.5. The van der Waals surface area contributed by atoms with E-state index in [9.17, 15) is 14.0 Å². The molecule has 0 aromatic carbocycles. The smallest absolute Gasteiger partial charge is 0.355 e. The second-order valence-corrected chi connectivity index (χ2v) is 6.34. The Morgan fingerprint density at radius 3 is 2.59 bits per heavy atom. The van der Waals surface area contributed by atoms with Crippen LogP contribution in [0.3, 0.4) is 0 Å². The van der Waals surface area contributed by atoms with Crippen molar-refractivity contribution < 1.29 is 9.50 Å². The number of halogens is 2. The van der Waals surface area contributed by atoms with Gasteiger partial charge in [0.1, 0.15) is 5.83 Å². The van der Waals surface area contributed by atoms with E-state index in [1.54, 1.807) is 32.1 Å². The third-order valence-electron chi connectivity index (χ3n) is 3.52. The molecule has 2 N–H and O–H groups in total. The number of rotatable bonds is 10. The van der Waals surface area contributed by atoms with Gasteiger partial charge < -0.3 is 10.4 Å². The molecule has 0 atom stereocenters. The van der Waals surface area contributed by atoms with Gasteiger partial charge in [-0.3, -0.25) is 4.57 Å². The first-order valence-electron chi connectivity index (χ1n) is 8.67. The molecule has 7 nitrogen and oxygen atoms in total. The van der Waals surface area contributed by atoms with Gasteiger partial charge in [-0.25, -0.2) is 18.5 Å². The average Bonchev–Trinajstić information content (AvgIpc) is 2.65. The van der Waals surface area contributed by atoms with E-state index < -0.39 is 23.8 Å². The van der Waals surface area contributed by atoms with E-state index in [0.29, 0.717) is 5.03 Å². The number of aromatic nitrogens is 3. The molecule has 0 fully saturated rings. The van der Waals surface area contributed by atoms with Crippen molar-refractivity contribution in [2.75, 3.05) is 11.9 Å². The zero-order valence-electron chi connectivity index (χ0n) is 16.4. The van der Waals surface area contributed by atoms with Crippen LogP contribution < -0.4 is 16.7 Å². The molecule has 1 heterocycles. The predicted octanol–water partition coefficient (Wildman–Crippen LogP) is 3.01. The van der Waals surface area contributed by atoms with Gasteiger partial charge in [0.15, 0.2) is 0 Å². The summed E-state index contributed by atoms with van der Waals surface area (Å²) in [6.07, 6.45) is 9.04. The third-order valence-corrected chi connectivity index (χ3v) is 3.80. The van der Waals surface area contributed by atoms with Crippen LogP contribution in [0.1, 0.15) is 13.8 Å².